The average Bonchev–Trinajstić information content (AvgIpc) is 2.03. The lowest BCUT2D eigenvalue weighted by Crippen LogP contribution is -2.54. The fourth-order valence-corrected chi connectivity index (χ4v) is 2.82. The summed E-state index contributed by atoms with van der Waals surface area (Å²) in [5.41, 5.74) is 5.99. The van der Waals surface area contributed by atoms with Crippen LogP contribution >= 0.6 is 0 Å². The van der Waals surface area contributed by atoms with Gasteiger partial charge in [-0.05, 0) is 42.9 Å². The Labute approximate surface area is 69.4 Å². The highest BCUT2D eigenvalue weighted by Crippen LogP contribution is 2.49. The van der Waals surface area contributed by atoms with Gasteiger partial charge in [0.05, 0.1) is 0 Å². The normalized spacial score (nSPS) is 49.1. The minimum absolute atomic E-state index is 0.574. The zero-order valence-electron chi connectivity index (χ0n) is 7.59. The SMILES string of the molecule is CC(C)C1CC2CC(C1)C2N. The fraction of sp³-hybridized carbons (Fsp3) is 1.00. The van der Waals surface area contributed by atoms with Crippen molar-refractivity contribution in [3.63, 3.8) is 0 Å². The number of fused-ring (bicyclic) bond motifs is 2. The zero-order chi connectivity index (χ0) is 8.01. The van der Waals surface area contributed by atoms with E-state index in [4.69, 9.17) is 5.73 Å². The Kier molecular flexibility index (Phi) is 1.71. The molecule has 11 heavy (non-hydrogen) atoms. The van der Waals surface area contributed by atoms with Crippen molar-refractivity contribution in [2.75, 3.05) is 0 Å². The number of nitrogens with two attached hydrogens (primary N) is 1. The van der Waals surface area contributed by atoms with Crippen LogP contribution in [0.3, 0.4) is 0 Å². The summed E-state index contributed by atoms with van der Waals surface area (Å²) >= 11 is 0. The monoisotopic (exact) mass is 153 g/mol. The summed E-state index contributed by atoms with van der Waals surface area (Å²) in [6, 6.07) is 0.574. The van der Waals surface area contributed by atoms with Crippen LogP contribution < -0.4 is 5.73 Å². The molecule has 0 saturated heterocycles. The molecule has 3 saturated carbocycles. The number of rotatable bonds is 1. The predicted octanol–water partition coefficient (Wildman–Crippen LogP) is 2.02. The molecule has 0 radical (unpaired) electrons. The fourth-order valence-electron chi connectivity index (χ4n) is 2.82. The van der Waals surface area contributed by atoms with Crippen LogP contribution in [-0.2, 0) is 0 Å². The second-order valence-corrected chi connectivity index (χ2v) is 4.81. The van der Waals surface area contributed by atoms with E-state index < -0.39 is 0 Å². The summed E-state index contributed by atoms with van der Waals surface area (Å²) < 4.78 is 0. The Morgan fingerprint density at radius 2 is 1.64 bits per heavy atom. The van der Waals surface area contributed by atoms with E-state index in [1.807, 2.05) is 0 Å². The molecular weight excluding hydrogens is 134 g/mol. The summed E-state index contributed by atoms with van der Waals surface area (Å²) in [6.45, 7) is 4.70. The summed E-state index contributed by atoms with van der Waals surface area (Å²) in [5, 5.41) is 0. The van der Waals surface area contributed by atoms with Gasteiger partial charge < -0.3 is 5.73 Å². The Balaban J connectivity index is 1.94. The van der Waals surface area contributed by atoms with E-state index in [1.54, 1.807) is 0 Å². The van der Waals surface area contributed by atoms with Gasteiger partial charge in [-0.15, -0.1) is 0 Å². The van der Waals surface area contributed by atoms with Crippen LogP contribution in [0.2, 0.25) is 0 Å². The Morgan fingerprint density at radius 1 is 1.09 bits per heavy atom. The molecule has 2 unspecified atom stereocenters. The molecular formula is C10H19N. The number of hydrogen-bond acceptors (Lipinski definition) is 1. The highest BCUT2D eigenvalue weighted by atomic mass is 14.7. The van der Waals surface area contributed by atoms with Crippen LogP contribution in [0.25, 0.3) is 0 Å². The van der Waals surface area contributed by atoms with Crippen molar-refractivity contribution < 1.29 is 0 Å². The molecule has 0 aromatic carbocycles. The molecule has 3 rings (SSSR count). The smallest absolute Gasteiger partial charge is 0.00960 e. The van der Waals surface area contributed by atoms with Crippen molar-refractivity contribution >= 4 is 0 Å². The third kappa shape index (κ3) is 1.10. The van der Waals surface area contributed by atoms with Crippen LogP contribution in [0.15, 0.2) is 0 Å². The van der Waals surface area contributed by atoms with E-state index in [1.165, 1.54) is 19.3 Å². The van der Waals surface area contributed by atoms with Crippen molar-refractivity contribution in [2.24, 2.45) is 29.4 Å². The zero-order valence-corrected chi connectivity index (χ0v) is 7.59. The molecule has 0 amide bonds. The Morgan fingerprint density at radius 3 is 2.00 bits per heavy atom. The van der Waals surface area contributed by atoms with Gasteiger partial charge >= 0.3 is 0 Å². The first-order chi connectivity index (χ1) is 5.18. The van der Waals surface area contributed by atoms with Gasteiger partial charge in [0.15, 0.2) is 0 Å². The summed E-state index contributed by atoms with van der Waals surface area (Å²) in [4.78, 5) is 0. The third-order valence-corrected chi connectivity index (χ3v) is 3.85. The first-order valence-corrected chi connectivity index (χ1v) is 4.94. The molecule has 64 valence electrons. The van der Waals surface area contributed by atoms with Gasteiger partial charge in [0.25, 0.3) is 0 Å². The van der Waals surface area contributed by atoms with Crippen LogP contribution in [0.1, 0.15) is 33.1 Å². The quantitative estimate of drug-likeness (QED) is 0.612. The first kappa shape index (κ1) is 7.60. The van der Waals surface area contributed by atoms with E-state index in [0.717, 1.165) is 23.7 Å². The molecule has 1 nitrogen and oxygen atoms in total. The lowest BCUT2D eigenvalue weighted by molar-refractivity contribution is 0.0189. The molecule has 0 aromatic rings. The maximum atomic E-state index is 5.99. The maximum absolute atomic E-state index is 5.99. The second-order valence-electron chi connectivity index (χ2n) is 4.81. The minimum Gasteiger partial charge on any atom is -0.327 e. The Hall–Kier alpha value is -0.0400. The Bertz CT molecular complexity index is 141. The van der Waals surface area contributed by atoms with Gasteiger partial charge in [-0.2, -0.15) is 0 Å². The molecule has 3 fully saturated rings. The summed E-state index contributed by atoms with van der Waals surface area (Å²) in [6.07, 6.45) is 4.26. The van der Waals surface area contributed by atoms with Gasteiger partial charge in [0, 0.05) is 6.04 Å². The highest BCUT2D eigenvalue weighted by Gasteiger charge is 2.45. The van der Waals surface area contributed by atoms with E-state index in [2.05, 4.69) is 13.8 Å². The topological polar surface area (TPSA) is 26.0 Å². The molecule has 0 heterocycles. The van der Waals surface area contributed by atoms with E-state index >= 15 is 0 Å². The van der Waals surface area contributed by atoms with Crippen molar-refractivity contribution in [1.82, 2.24) is 0 Å². The molecule has 0 aliphatic heterocycles. The van der Waals surface area contributed by atoms with Crippen molar-refractivity contribution in [3.8, 4) is 0 Å². The van der Waals surface area contributed by atoms with Crippen LogP contribution in [-0.4, -0.2) is 6.04 Å². The highest BCUT2D eigenvalue weighted by molar-refractivity contribution is 4.99. The van der Waals surface area contributed by atoms with Gasteiger partial charge in [0.2, 0.25) is 0 Å². The minimum atomic E-state index is 0.574. The molecule has 3 aliphatic carbocycles. The summed E-state index contributed by atoms with van der Waals surface area (Å²) in [5.74, 6) is 3.65. The first-order valence-electron chi connectivity index (χ1n) is 4.94. The third-order valence-electron chi connectivity index (χ3n) is 3.85. The molecule has 0 aromatic heterocycles. The van der Waals surface area contributed by atoms with Gasteiger partial charge in [-0.1, -0.05) is 13.8 Å². The largest absolute Gasteiger partial charge is 0.327 e. The number of hydrogen-bond donors (Lipinski definition) is 1. The van der Waals surface area contributed by atoms with E-state index in [-0.39, 0.29) is 0 Å². The van der Waals surface area contributed by atoms with Crippen LogP contribution in [0.4, 0.5) is 0 Å². The lowest BCUT2D eigenvalue weighted by atomic mass is 9.56. The molecule has 1 heteroatoms. The second kappa shape index (κ2) is 2.48. The molecule has 2 atom stereocenters. The van der Waals surface area contributed by atoms with Crippen molar-refractivity contribution in [1.29, 1.82) is 0 Å². The van der Waals surface area contributed by atoms with Crippen molar-refractivity contribution in [3.05, 3.63) is 0 Å². The summed E-state index contributed by atoms with van der Waals surface area (Å²) in [7, 11) is 0. The molecule has 0 spiro atoms. The van der Waals surface area contributed by atoms with Crippen molar-refractivity contribution in [2.45, 2.75) is 39.2 Å². The molecule has 2 N–H and O–H groups in total. The maximum Gasteiger partial charge on any atom is 0.00960 e. The van der Waals surface area contributed by atoms with E-state index in [0.29, 0.717) is 6.04 Å². The van der Waals surface area contributed by atoms with Gasteiger partial charge in [0.1, 0.15) is 0 Å². The molecule has 2 bridgehead atoms. The van der Waals surface area contributed by atoms with Gasteiger partial charge in [-0.3, -0.25) is 0 Å². The van der Waals surface area contributed by atoms with Gasteiger partial charge in [-0.25, -0.2) is 0 Å². The van der Waals surface area contributed by atoms with Crippen LogP contribution in [0, 0.1) is 23.7 Å². The predicted molar refractivity (Wildman–Crippen MR) is 47.1 cm³/mol. The van der Waals surface area contributed by atoms with E-state index in [9.17, 15) is 0 Å². The standard InChI is InChI=1S/C10H19N/c1-6(2)7-3-8-5-9(4-7)10(8)11/h6-10H,3-5,11H2,1-2H3. The molecule has 3 aliphatic rings. The van der Waals surface area contributed by atoms with Crippen LogP contribution in [0.5, 0.6) is 0 Å². The average molecular weight is 153 g/mol. The lowest BCUT2D eigenvalue weighted by Gasteiger charge is -2.51.